The lowest BCUT2D eigenvalue weighted by Gasteiger charge is -2.39. The van der Waals surface area contributed by atoms with E-state index >= 15 is 0 Å². The molecule has 0 radical (unpaired) electrons. The largest absolute Gasteiger partial charge is 0.492 e. The van der Waals surface area contributed by atoms with Gasteiger partial charge < -0.3 is 14.2 Å². The zero-order chi connectivity index (χ0) is 15.6. The number of fused-ring (bicyclic) bond motifs is 1. The SMILES string of the molecule is C=CC(=O)Oc1ccc2c(c1OC)CN(C(C)(C)C)CO2. The van der Waals surface area contributed by atoms with Crippen LogP contribution in [0.1, 0.15) is 26.3 Å². The molecule has 1 aliphatic heterocycles. The lowest BCUT2D eigenvalue weighted by atomic mass is 10.0. The second-order valence-corrected chi connectivity index (χ2v) is 5.84. The maximum absolute atomic E-state index is 11.4. The van der Waals surface area contributed by atoms with Gasteiger partial charge in [0.2, 0.25) is 0 Å². The van der Waals surface area contributed by atoms with Gasteiger partial charge in [-0.2, -0.15) is 0 Å². The molecule has 1 aromatic rings. The van der Waals surface area contributed by atoms with Crippen molar-refractivity contribution < 1.29 is 19.0 Å². The molecule has 0 N–H and O–H groups in total. The number of esters is 1. The molecule has 5 heteroatoms. The van der Waals surface area contributed by atoms with Crippen LogP contribution in [0.15, 0.2) is 24.8 Å². The summed E-state index contributed by atoms with van der Waals surface area (Å²) in [5.41, 5.74) is 0.851. The number of hydrogen-bond donors (Lipinski definition) is 0. The lowest BCUT2D eigenvalue weighted by molar-refractivity contribution is -0.129. The molecule has 1 aromatic carbocycles. The summed E-state index contributed by atoms with van der Waals surface area (Å²) in [4.78, 5) is 13.6. The number of benzene rings is 1. The molecule has 0 saturated heterocycles. The lowest BCUT2D eigenvalue weighted by Crippen LogP contribution is -2.45. The van der Waals surface area contributed by atoms with Crippen molar-refractivity contribution in [3.8, 4) is 17.2 Å². The number of carbonyl (C=O) groups excluding carboxylic acids is 1. The number of nitrogens with zero attached hydrogens (tertiary/aromatic N) is 1. The smallest absolute Gasteiger partial charge is 0.335 e. The zero-order valence-electron chi connectivity index (χ0n) is 12.9. The van der Waals surface area contributed by atoms with Crippen molar-refractivity contribution in [1.82, 2.24) is 4.90 Å². The van der Waals surface area contributed by atoms with E-state index in [0.29, 0.717) is 24.8 Å². The molecule has 0 amide bonds. The Hall–Kier alpha value is -2.01. The van der Waals surface area contributed by atoms with Crippen LogP contribution in [0, 0.1) is 0 Å². The Morgan fingerprint density at radius 2 is 2.14 bits per heavy atom. The van der Waals surface area contributed by atoms with Crippen LogP contribution in [0.25, 0.3) is 0 Å². The van der Waals surface area contributed by atoms with E-state index in [1.54, 1.807) is 19.2 Å². The van der Waals surface area contributed by atoms with Gasteiger partial charge in [0, 0.05) is 18.2 Å². The summed E-state index contributed by atoms with van der Waals surface area (Å²) in [5.74, 6) is 1.14. The van der Waals surface area contributed by atoms with Crippen LogP contribution in [-0.2, 0) is 11.3 Å². The van der Waals surface area contributed by atoms with Crippen LogP contribution < -0.4 is 14.2 Å². The first-order chi connectivity index (χ1) is 9.86. The fraction of sp³-hybridized carbons (Fsp3) is 0.438. The van der Waals surface area contributed by atoms with Gasteiger partial charge in [-0.05, 0) is 32.9 Å². The van der Waals surface area contributed by atoms with Crippen LogP contribution in [0.4, 0.5) is 0 Å². The molecule has 0 aromatic heterocycles. The summed E-state index contributed by atoms with van der Waals surface area (Å²) >= 11 is 0. The second kappa shape index (κ2) is 5.77. The molecule has 0 spiro atoms. The Labute approximate surface area is 125 Å². The fourth-order valence-electron chi connectivity index (χ4n) is 2.14. The third-order valence-electron chi connectivity index (χ3n) is 3.44. The minimum absolute atomic E-state index is 0.0313. The fourth-order valence-corrected chi connectivity index (χ4v) is 2.14. The highest BCUT2D eigenvalue weighted by Gasteiger charge is 2.30. The molecule has 0 bridgehead atoms. The average Bonchev–Trinajstić information content (AvgIpc) is 2.45. The van der Waals surface area contributed by atoms with Crippen LogP contribution in [0.2, 0.25) is 0 Å². The summed E-state index contributed by atoms with van der Waals surface area (Å²) in [5, 5.41) is 0. The molecular weight excluding hydrogens is 270 g/mol. The molecule has 0 aliphatic carbocycles. The number of carbonyl (C=O) groups is 1. The Morgan fingerprint density at radius 3 is 2.71 bits per heavy atom. The number of ether oxygens (including phenoxy) is 3. The van der Waals surface area contributed by atoms with Crippen molar-refractivity contribution in [1.29, 1.82) is 0 Å². The highest BCUT2D eigenvalue weighted by atomic mass is 16.6. The zero-order valence-corrected chi connectivity index (χ0v) is 12.9. The van der Waals surface area contributed by atoms with E-state index in [2.05, 4.69) is 32.3 Å². The van der Waals surface area contributed by atoms with Gasteiger partial charge >= 0.3 is 5.97 Å². The highest BCUT2D eigenvalue weighted by molar-refractivity contribution is 5.84. The van der Waals surface area contributed by atoms with Crippen molar-refractivity contribution in [2.45, 2.75) is 32.9 Å². The number of hydrogen-bond acceptors (Lipinski definition) is 5. The molecular formula is C16H21NO4. The molecule has 21 heavy (non-hydrogen) atoms. The van der Waals surface area contributed by atoms with Crippen LogP contribution in [0.5, 0.6) is 17.2 Å². The molecule has 1 aliphatic rings. The molecule has 0 atom stereocenters. The van der Waals surface area contributed by atoms with Crippen LogP contribution in [0.3, 0.4) is 0 Å². The Morgan fingerprint density at radius 1 is 1.43 bits per heavy atom. The Bertz CT molecular complexity index is 560. The standard InChI is InChI=1S/C16H21NO4/c1-6-14(18)21-13-8-7-12-11(15(13)19-5)9-17(10-20-12)16(2,3)4/h6-8H,1,9-10H2,2-5H3. The molecule has 0 saturated carbocycles. The summed E-state index contributed by atoms with van der Waals surface area (Å²) < 4.78 is 16.4. The summed E-state index contributed by atoms with van der Waals surface area (Å²) in [6.07, 6.45) is 1.12. The third kappa shape index (κ3) is 3.19. The molecule has 5 nitrogen and oxygen atoms in total. The summed E-state index contributed by atoms with van der Waals surface area (Å²) in [7, 11) is 1.55. The first-order valence-corrected chi connectivity index (χ1v) is 6.78. The predicted molar refractivity (Wildman–Crippen MR) is 79.6 cm³/mol. The molecule has 114 valence electrons. The Balaban J connectivity index is 2.39. The second-order valence-electron chi connectivity index (χ2n) is 5.84. The average molecular weight is 291 g/mol. The minimum Gasteiger partial charge on any atom is -0.492 e. The van der Waals surface area contributed by atoms with Crippen LogP contribution in [-0.4, -0.2) is 30.2 Å². The summed E-state index contributed by atoms with van der Waals surface area (Å²) in [6.45, 7) is 10.9. The van der Waals surface area contributed by atoms with E-state index in [0.717, 1.165) is 17.4 Å². The maximum Gasteiger partial charge on any atom is 0.335 e. The highest BCUT2D eigenvalue weighted by Crippen LogP contribution is 2.41. The molecule has 1 heterocycles. The van der Waals surface area contributed by atoms with Gasteiger partial charge in [-0.1, -0.05) is 6.58 Å². The van der Waals surface area contributed by atoms with Gasteiger partial charge in [0.05, 0.1) is 12.7 Å². The van der Waals surface area contributed by atoms with E-state index in [4.69, 9.17) is 14.2 Å². The number of rotatable bonds is 3. The normalized spacial score (nSPS) is 14.9. The van der Waals surface area contributed by atoms with Gasteiger partial charge in [0.15, 0.2) is 11.5 Å². The number of methoxy groups -OCH3 is 1. The molecule has 0 fully saturated rings. The topological polar surface area (TPSA) is 48.0 Å². The van der Waals surface area contributed by atoms with Crippen molar-refractivity contribution in [3.63, 3.8) is 0 Å². The van der Waals surface area contributed by atoms with E-state index < -0.39 is 5.97 Å². The van der Waals surface area contributed by atoms with Gasteiger partial charge in [-0.15, -0.1) is 0 Å². The van der Waals surface area contributed by atoms with E-state index in [1.807, 2.05) is 0 Å². The quantitative estimate of drug-likeness (QED) is 0.487. The first-order valence-electron chi connectivity index (χ1n) is 6.78. The van der Waals surface area contributed by atoms with Gasteiger partial charge in [-0.3, -0.25) is 4.90 Å². The van der Waals surface area contributed by atoms with Crippen molar-refractivity contribution in [2.75, 3.05) is 13.8 Å². The van der Waals surface area contributed by atoms with Crippen molar-refractivity contribution >= 4 is 5.97 Å². The Kier molecular flexibility index (Phi) is 4.23. The molecule has 0 unspecified atom stereocenters. The minimum atomic E-state index is -0.516. The van der Waals surface area contributed by atoms with Crippen LogP contribution >= 0.6 is 0 Å². The van der Waals surface area contributed by atoms with E-state index in [-0.39, 0.29) is 5.54 Å². The monoisotopic (exact) mass is 291 g/mol. The first kappa shape index (κ1) is 15.4. The van der Waals surface area contributed by atoms with E-state index in [9.17, 15) is 4.79 Å². The maximum atomic E-state index is 11.4. The summed E-state index contributed by atoms with van der Waals surface area (Å²) in [6, 6.07) is 3.47. The van der Waals surface area contributed by atoms with E-state index in [1.165, 1.54) is 0 Å². The predicted octanol–water partition coefficient (Wildman–Crippen LogP) is 2.74. The van der Waals surface area contributed by atoms with Gasteiger partial charge in [0.25, 0.3) is 0 Å². The van der Waals surface area contributed by atoms with Crippen molar-refractivity contribution in [2.24, 2.45) is 0 Å². The molecule has 2 rings (SSSR count). The third-order valence-corrected chi connectivity index (χ3v) is 3.44. The van der Waals surface area contributed by atoms with Crippen molar-refractivity contribution in [3.05, 3.63) is 30.4 Å². The van der Waals surface area contributed by atoms with Gasteiger partial charge in [0.1, 0.15) is 12.5 Å². The van der Waals surface area contributed by atoms with Gasteiger partial charge in [-0.25, -0.2) is 4.79 Å².